The Morgan fingerprint density at radius 2 is 1.46 bits per heavy atom. The summed E-state index contributed by atoms with van der Waals surface area (Å²) in [5, 5.41) is 5.73. The lowest BCUT2D eigenvalue weighted by atomic mass is 10.0. The molecule has 1 aromatic carbocycles. The van der Waals surface area contributed by atoms with E-state index in [-0.39, 0.29) is 17.7 Å². The van der Waals surface area contributed by atoms with E-state index in [1.165, 1.54) is 32.1 Å². The van der Waals surface area contributed by atoms with Gasteiger partial charge in [0.2, 0.25) is 11.8 Å². The summed E-state index contributed by atoms with van der Waals surface area (Å²) in [4.78, 5) is 26.5. The zero-order valence-corrected chi connectivity index (χ0v) is 16.0. The van der Waals surface area contributed by atoms with Gasteiger partial charge < -0.3 is 16.4 Å². The van der Waals surface area contributed by atoms with Crippen LogP contribution in [0.15, 0.2) is 24.3 Å². The van der Waals surface area contributed by atoms with Gasteiger partial charge in [-0.1, -0.05) is 33.1 Å². The van der Waals surface area contributed by atoms with Crippen LogP contribution < -0.4 is 16.4 Å². The molecule has 0 spiro atoms. The molecule has 26 heavy (non-hydrogen) atoms. The number of nitrogens with one attached hydrogen (secondary N) is 2. The number of hydrogen-bond donors (Lipinski definition) is 3. The lowest BCUT2D eigenvalue weighted by molar-refractivity contribution is -0.118. The van der Waals surface area contributed by atoms with Crippen molar-refractivity contribution < 1.29 is 9.59 Å². The molecule has 6 heteroatoms. The van der Waals surface area contributed by atoms with Gasteiger partial charge in [-0.05, 0) is 56.1 Å². The molecular weight excluding hydrogens is 328 g/mol. The number of nitrogens with zero attached hydrogens (tertiary/aromatic N) is 1. The van der Waals surface area contributed by atoms with Crippen LogP contribution in [0.3, 0.4) is 0 Å². The Morgan fingerprint density at radius 3 is 2.00 bits per heavy atom. The molecule has 6 nitrogen and oxygen atoms in total. The minimum atomic E-state index is -0.535. The van der Waals surface area contributed by atoms with E-state index < -0.39 is 6.04 Å². The Bertz CT molecular complexity index is 578. The maximum absolute atomic E-state index is 12.3. The largest absolute Gasteiger partial charge is 0.325 e. The summed E-state index contributed by atoms with van der Waals surface area (Å²) in [6, 6.07) is 6.60. The van der Waals surface area contributed by atoms with E-state index in [1.54, 1.807) is 24.3 Å². The number of anilines is 2. The number of likely N-dealkylation sites (tertiary alicyclic amines) is 1. The summed E-state index contributed by atoms with van der Waals surface area (Å²) >= 11 is 0. The van der Waals surface area contributed by atoms with Crippen molar-refractivity contribution in [2.45, 2.75) is 52.0 Å². The molecular formula is C20H32N4O2. The topological polar surface area (TPSA) is 87.5 Å². The highest BCUT2D eigenvalue weighted by molar-refractivity contribution is 5.95. The molecule has 1 atom stereocenters. The quantitative estimate of drug-likeness (QED) is 0.728. The molecule has 1 aromatic rings. The molecule has 1 fully saturated rings. The van der Waals surface area contributed by atoms with Gasteiger partial charge in [-0.25, -0.2) is 0 Å². The third kappa shape index (κ3) is 6.77. The molecule has 0 saturated carbocycles. The second kappa shape index (κ2) is 10.3. The third-order valence-electron chi connectivity index (χ3n) is 4.77. The van der Waals surface area contributed by atoms with Crippen LogP contribution in [0.4, 0.5) is 11.4 Å². The third-order valence-corrected chi connectivity index (χ3v) is 4.77. The number of hydrogen-bond acceptors (Lipinski definition) is 4. The summed E-state index contributed by atoms with van der Waals surface area (Å²) in [5.74, 6) is -0.116. The maximum atomic E-state index is 12.3. The van der Waals surface area contributed by atoms with Crippen molar-refractivity contribution in [1.29, 1.82) is 0 Å². The van der Waals surface area contributed by atoms with E-state index in [9.17, 15) is 9.59 Å². The highest BCUT2D eigenvalue weighted by Crippen LogP contribution is 2.15. The van der Waals surface area contributed by atoms with Crippen LogP contribution in [0.1, 0.15) is 46.0 Å². The normalized spacial score (nSPS) is 17.2. The van der Waals surface area contributed by atoms with Crippen LogP contribution in [-0.2, 0) is 9.59 Å². The van der Waals surface area contributed by atoms with Gasteiger partial charge in [0.15, 0.2) is 0 Å². The average Bonchev–Trinajstić information content (AvgIpc) is 2.58. The van der Waals surface area contributed by atoms with E-state index in [4.69, 9.17) is 5.73 Å². The molecule has 1 heterocycles. The predicted molar refractivity (Wildman–Crippen MR) is 106 cm³/mol. The van der Waals surface area contributed by atoms with Crippen LogP contribution in [-0.4, -0.2) is 42.4 Å². The number of carbonyl (C=O) groups is 2. The summed E-state index contributed by atoms with van der Waals surface area (Å²) in [6.45, 7) is 6.24. The zero-order valence-electron chi connectivity index (χ0n) is 16.0. The smallest absolute Gasteiger partial charge is 0.241 e. The number of carbonyl (C=O) groups excluding carboxylic acids is 2. The first-order valence-electron chi connectivity index (χ1n) is 9.64. The molecule has 0 unspecified atom stereocenters. The van der Waals surface area contributed by atoms with Gasteiger partial charge in [0, 0.05) is 11.4 Å². The highest BCUT2D eigenvalue weighted by Gasteiger charge is 2.17. The Balaban J connectivity index is 1.82. The van der Waals surface area contributed by atoms with Crippen molar-refractivity contribution in [3.05, 3.63) is 24.3 Å². The van der Waals surface area contributed by atoms with Crippen LogP contribution in [0.2, 0.25) is 0 Å². The van der Waals surface area contributed by atoms with Gasteiger partial charge in [-0.2, -0.15) is 0 Å². The Kier molecular flexibility index (Phi) is 8.06. The van der Waals surface area contributed by atoms with Gasteiger partial charge in [0.05, 0.1) is 12.6 Å². The molecule has 2 rings (SSSR count). The molecule has 0 radical (unpaired) electrons. The number of amides is 2. The molecule has 144 valence electrons. The monoisotopic (exact) mass is 360 g/mol. The Hall–Kier alpha value is -1.92. The minimum Gasteiger partial charge on any atom is -0.325 e. The molecule has 1 saturated heterocycles. The van der Waals surface area contributed by atoms with Gasteiger partial charge >= 0.3 is 0 Å². The van der Waals surface area contributed by atoms with Gasteiger partial charge in [-0.15, -0.1) is 0 Å². The standard InChI is InChI=1S/C20H32N4O2/c1-15(2)19(21)20(26)23-17-10-8-16(9-11-17)22-18(25)14-24-12-6-4-3-5-7-13-24/h8-11,15,19H,3-7,12-14,21H2,1-2H3,(H,22,25)(H,23,26)/t19-/m0/s1. The van der Waals surface area contributed by atoms with Crippen LogP contribution >= 0.6 is 0 Å². The van der Waals surface area contributed by atoms with E-state index in [1.807, 2.05) is 13.8 Å². The van der Waals surface area contributed by atoms with Crippen molar-refractivity contribution in [1.82, 2.24) is 4.90 Å². The molecule has 0 aliphatic carbocycles. The van der Waals surface area contributed by atoms with Crippen molar-refractivity contribution in [2.75, 3.05) is 30.3 Å². The van der Waals surface area contributed by atoms with Crippen LogP contribution in [0.5, 0.6) is 0 Å². The van der Waals surface area contributed by atoms with Crippen molar-refractivity contribution >= 4 is 23.2 Å². The summed E-state index contributed by atoms with van der Waals surface area (Å²) in [6.07, 6.45) is 6.16. The first kappa shape index (κ1) is 20.4. The SMILES string of the molecule is CC(C)[C@H](N)C(=O)Nc1ccc(NC(=O)CN2CCCCCCC2)cc1. The van der Waals surface area contributed by atoms with Crippen LogP contribution in [0, 0.1) is 5.92 Å². The van der Waals surface area contributed by atoms with Crippen molar-refractivity contribution in [2.24, 2.45) is 11.7 Å². The molecule has 0 aromatic heterocycles. The molecule has 2 amide bonds. The van der Waals surface area contributed by atoms with E-state index in [0.29, 0.717) is 12.2 Å². The summed E-state index contributed by atoms with van der Waals surface area (Å²) in [5.41, 5.74) is 7.24. The fourth-order valence-electron chi connectivity index (χ4n) is 3.04. The average molecular weight is 361 g/mol. The fraction of sp³-hybridized carbons (Fsp3) is 0.600. The number of benzene rings is 1. The summed E-state index contributed by atoms with van der Waals surface area (Å²) < 4.78 is 0. The minimum absolute atomic E-state index is 0.00388. The number of rotatable bonds is 6. The second-order valence-electron chi connectivity index (χ2n) is 7.43. The Morgan fingerprint density at radius 1 is 0.962 bits per heavy atom. The van der Waals surface area contributed by atoms with Crippen molar-refractivity contribution in [3.63, 3.8) is 0 Å². The van der Waals surface area contributed by atoms with Gasteiger partial charge in [-0.3, -0.25) is 14.5 Å². The predicted octanol–water partition coefficient (Wildman–Crippen LogP) is 2.81. The van der Waals surface area contributed by atoms with E-state index in [0.717, 1.165) is 18.8 Å². The van der Waals surface area contributed by atoms with Gasteiger partial charge in [0.25, 0.3) is 0 Å². The highest BCUT2D eigenvalue weighted by atomic mass is 16.2. The Labute approximate surface area is 156 Å². The van der Waals surface area contributed by atoms with Crippen LogP contribution in [0.25, 0.3) is 0 Å². The maximum Gasteiger partial charge on any atom is 0.241 e. The summed E-state index contributed by atoms with van der Waals surface area (Å²) in [7, 11) is 0. The van der Waals surface area contributed by atoms with E-state index in [2.05, 4.69) is 15.5 Å². The second-order valence-corrected chi connectivity index (χ2v) is 7.43. The first-order valence-corrected chi connectivity index (χ1v) is 9.64. The first-order chi connectivity index (χ1) is 12.5. The lowest BCUT2D eigenvalue weighted by Crippen LogP contribution is -2.39. The molecule has 1 aliphatic heterocycles. The van der Waals surface area contributed by atoms with Gasteiger partial charge in [0.1, 0.15) is 0 Å². The molecule has 4 N–H and O–H groups in total. The fourth-order valence-corrected chi connectivity index (χ4v) is 3.04. The number of nitrogens with two attached hydrogens (primary N) is 1. The van der Waals surface area contributed by atoms with Crippen molar-refractivity contribution in [3.8, 4) is 0 Å². The van der Waals surface area contributed by atoms with E-state index >= 15 is 0 Å². The zero-order chi connectivity index (χ0) is 18.9. The molecule has 0 bridgehead atoms. The molecule has 1 aliphatic rings. The lowest BCUT2D eigenvalue weighted by Gasteiger charge is -2.23.